The third-order valence-electron chi connectivity index (χ3n) is 4.02. The minimum Gasteiger partial charge on any atom is -0.455 e. The van der Waals surface area contributed by atoms with Crippen molar-refractivity contribution in [1.82, 2.24) is 4.98 Å². The molecule has 8 heteroatoms. The number of thiazole rings is 1. The largest absolute Gasteiger partial charge is 0.455 e. The second-order valence-electron chi connectivity index (χ2n) is 6.06. The minimum atomic E-state index is -3.78. The van der Waals surface area contributed by atoms with Crippen molar-refractivity contribution >= 4 is 49.0 Å². The first kappa shape index (κ1) is 19.8. The van der Waals surface area contributed by atoms with Crippen LogP contribution in [0.5, 0.6) is 11.5 Å². The first-order chi connectivity index (χ1) is 14.0. The van der Waals surface area contributed by atoms with E-state index in [0.29, 0.717) is 17.2 Å². The first-order valence-corrected chi connectivity index (χ1v) is 12.2. The number of hydrogen-bond acceptors (Lipinski definition) is 6. The first-order valence-electron chi connectivity index (χ1n) is 8.93. The van der Waals surface area contributed by atoms with Gasteiger partial charge in [-0.1, -0.05) is 49.0 Å². The molecular formula is C21H18N2O3S3. The Balaban J connectivity index is 1.63. The SMILES string of the molecule is CCSc1nc2ccc(S(=O)(=O)Nc3ccccc3Oc3ccccc3)cc2s1. The van der Waals surface area contributed by atoms with E-state index in [2.05, 4.69) is 16.6 Å². The van der Waals surface area contributed by atoms with Crippen LogP contribution in [0.4, 0.5) is 5.69 Å². The zero-order valence-electron chi connectivity index (χ0n) is 15.5. The van der Waals surface area contributed by atoms with Crippen molar-refractivity contribution in [2.45, 2.75) is 16.2 Å². The topological polar surface area (TPSA) is 68.3 Å². The molecule has 0 spiro atoms. The van der Waals surface area contributed by atoms with E-state index >= 15 is 0 Å². The highest BCUT2D eigenvalue weighted by atomic mass is 32.2. The lowest BCUT2D eigenvalue weighted by molar-refractivity contribution is 0.485. The van der Waals surface area contributed by atoms with E-state index in [1.807, 2.05) is 30.3 Å². The molecule has 0 amide bonds. The molecule has 4 aromatic rings. The standard InChI is InChI=1S/C21H18N2O3S3/c1-2-27-21-22-18-13-12-16(14-20(18)28-21)29(24,25)23-17-10-6-7-11-19(17)26-15-8-4-3-5-9-15/h3-14,23H,2H2,1H3. The highest BCUT2D eigenvalue weighted by Gasteiger charge is 2.18. The number of para-hydroxylation sites is 3. The molecule has 0 aliphatic heterocycles. The predicted octanol–water partition coefficient (Wildman–Crippen LogP) is 6.00. The maximum Gasteiger partial charge on any atom is 0.262 e. The number of aromatic nitrogens is 1. The number of sulfonamides is 1. The molecule has 0 aliphatic rings. The van der Waals surface area contributed by atoms with E-state index in [1.165, 1.54) is 11.3 Å². The summed E-state index contributed by atoms with van der Waals surface area (Å²) in [5, 5.41) is 0. The molecule has 3 aromatic carbocycles. The van der Waals surface area contributed by atoms with Crippen molar-refractivity contribution < 1.29 is 13.2 Å². The summed E-state index contributed by atoms with van der Waals surface area (Å²) >= 11 is 3.14. The molecule has 0 radical (unpaired) electrons. The van der Waals surface area contributed by atoms with E-state index in [4.69, 9.17) is 4.74 Å². The molecular weight excluding hydrogens is 424 g/mol. The van der Waals surface area contributed by atoms with Gasteiger partial charge in [0, 0.05) is 0 Å². The molecule has 148 valence electrons. The summed E-state index contributed by atoms with van der Waals surface area (Å²) in [6.07, 6.45) is 0. The minimum absolute atomic E-state index is 0.191. The normalized spacial score (nSPS) is 11.5. The van der Waals surface area contributed by atoms with Crippen molar-refractivity contribution in [3.05, 3.63) is 72.8 Å². The summed E-state index contributed by atoms with van der Waals surface area (Å²) in [6, 6.07) is 21.2. The van der Waals surface area contributed by atoms with Gasteiger partial charge in [0.2, 0.25) is 0 Å². The van der Waals surface area contributed by atoms with Gasteiger partial charge in [-0.15, -0.1) is 11.3 Å². The molecule has 29 heavy (non-hydrogen) atoms. The van der Waals surface area contributed by atoms with Crippen LogP contribution in [0, 0.1) is 0 Å². The van der Waals surface area contributed by atoms with Gasteiger partial charge >= 0.3 is 0 Å². The summed E-state index contributed by atoms with van der Waals surface area (Å²) in [7, 11) is -3.78. The summed E-state index contributed by atoms with van der Waals surface area (Å²) < 4.78 is 36.3. The fraction of sp³-hybridized carbons (Fsp3) is 0.0952. The quantitative estimate of drug-likeness (QED) is 0.355. The summed E-state index contributed by atoms with van der Waals surface area (Å²) in [6.45, 7) is 2.06. The molecule has 1 N–H and O–H groups in total. The highest BCUT2D eigenvalue weighted by molar-refractivity contribution is 8.01. The third kappa shape index (κ3) is 4.55. The Bertz CT molecular complexity index is 1240. The molecule has 0 bridgehead atoms. The average Bonchev–Trinajstić information content (AvgIpc) is 3.12. The van der Waals surface area contributed by atoms with Crippen LogP contribution in [0.2, 0.25) is 0 Å². The van der Waals surface area contributed by atoms with Crippen molar-refractivity contribution in [2.24, 2.45) is 0 Å². The Labute approximate surface area is 177 Å². The molecule has 0 aliphatic carbocycles. The molecule has 0 fully saturated rings. The van der Waals surface area contributed by atoms with Gasteiger partial charge in [0.1, 0.15) is 5.75 Å². The lowest BCUT2D eigenvalue weighted by Gasteiger charge is -2.13. The van der Waals surface area contributed by atoms with Gasteiger partial charge in [-0.2, -0.15) is 0 Å². The molecule has 5 nitrogen and oxygen atoms in total. The van der Waals surface area contributed by atoms with Gasteiger partial charge in [0.15, 0.2) is 10.1 Å². The van der Waals surface area contributed by atoms with Crippen molar-refractivity contribution in [3.8, 4) is 11.5 Å². The Morgan fingerprint density at radius 1 is 1.03 bits per heavy atom. The van der Waals surface area contributed by atoms with Crippen LogP contribution in [0.3, 0.4) is 0 Å². The Morgan fingerprint density at radius 2 is 1.79 bits per heavy atom. The van der Waals surface area contributed by atoms with E-state index in [1.54, 1.807) is 54.2 Å². The smallest absolute Gasteiger partial charge is 0.262 e. The molecule has 4 rings (SSSR count). The Kier molecular flexibility index (Phi) is 5.75. The molecule has 0 unspecified atom stereocenters. The van der Waals surface area contributed by atoms with Gasteiger partial charge in [-0.05, 0) is 48.2 Å². The zero-order valence-corrected chi connectivity index (χ0v) is 18.0. The van der Waals surface area contributed by atoms with Gasteiger partial charge in [0.25, 0.3) is 10.0 Å². The number of ether oxygens (including phenoxy) is 1. The number of hydrogen-bond donors (Lipinski definition) is 1. The number of nitrogens with zero attached hydrogens (tertiary/aromatic N) is 1. The van der Waals surface area contributed by atoms with Crippen LogP contribution in [0.15, 0.2) is 82.0 Å². The molecule has 0 atom stereocenters. The summed E-state index contributed by atoms with van der Waals surface area (Å²) in [5.74, 6) is 1.99. The summed E-state index contributed by atoms with van der Waals surface area (Å²) in [5.41, 5.74) is 1.18. The number of thioether (sulfide) groups is 1. The Morgan fingerprint density at radius 3 is 2.59 bits per heavy atom. The number of benzene rings is 3. The highest BCUT2D eigenvalue weighted by Crippen LogP contribution is 2.33. The predicted molar refractivity (Wildman–Crippen MR) is 120 cm³/mol. The molecule has 1 heterocycles. The van der Waals surface area contributed by atoms with Crippen LogP contribution in [0.1, 0.15) is 6.92 Å². The van der Waals surface area contributed by atoms with Crippen LogP contribution < -0.4 is 9.46 Å². The number of anilines is 1. The second kappa shape index (κ2) is 8.44. The zero-order chi connectivity index (χ0) is 20.3. The van der Waals surface area contributed by atoms with E-state index in [9.17, 15) is 8.42 Å². The molecule has 0 saturated carbocycles. The van der Waals surface area contributed by atoms with Gasteiger partial charge < -0.3 is 4.74 Å². The van der Waals surface area contributed by atoms with E-state index in [-0.39, 0.29) is 4.90 Å². The van der Waals surface area contributed by atoms with Crippen LogP contribution in [-0.2, 0) is 10.0 Å². The maximum atomic E-state index is 13.0. The number of rotatable bonds is 7. The molecule has 0 saturated heterocycles. The Hall–Kier alpha value is -2.55. The van der Waals surface area contributed by atoms with Crippen molar-refractivity contribution in [2.75, 3.05) is 10.5 Å². The number of fused-ring (bicyclic) bond motifs is 1. The third-order valence-corrected chi connectivity index (χ3v) is 7.43. The van der Waals surface area contributed by atoms with Crippen molar-refractivity contribution in [3.63, 3.8) is 0 Å². The lowest BCUT2D eigenvalue weighted by atomic mass is 10.3. The van der Waals surface area contributed by atoms with Gasteiger partial charge in [0.05, 0.1) is 20.8 Å². The fourth-order valence-corrected chi connectivity index (χ4v) is 5.87. The van der Waals surface area contributed by atoms with E-state index in [0.717, 1.165) is 20.3 Å². The monoisotopic (exact) mass is 442 g/mol. The molecule has 1 aromatic heterocycles. The van der Waals surface area contributed by atoms with E-state index < -0.39 is 10.0 Å². The van der Waals surface area contributed by atoms with Gasteiger partial charge in [-0.25, -0.2) is 13.4 Å². The van der Waals surface area contributed by atoms with Gasteiger partial charge in [-0.3, -0.25) is 4.72 Å². The fourth-order valence-electron chi connectivity index (χ4n) is 2.70. The average molecular weight is 443 g/mol. The van der Waals surface area contributed by atoms with Crippen LogP contribution in [0.25, 0.3) is 10.2 Å². The maximum absolute atomic E-state index is 13.0. The second-order valence-corrected chi connectivity index (χ2v) is 10.3. The summed E-state index contributed by atoms with van der Waals surface area (Å²) in [4.78, 5) is 4.71. The van der Waals surface area contributed by atoms with Crippen LogP contribution in [-0.4, -0.2) is 19.2 Å². The lowest BCUT2D eigenvalue weighted by Crippen LogP contribution is -2.13. The van der Waals surface area contributed by atoms with Crippen molar-refractivity contribution in [1.29, 1.82) is 0 Å². The number of nitrogens with one attached hydrogen (secondary N) is 1. The van der Waals surface area contributed by atoms with Crippen LogP contribution >= 0.6 is 23.1 Å².